The van der Waals surface area contributed by atoms with Gasteiger partial charge in [0.1, 0.15) is 5.82 Å². The molecule has 1 aliphatic carbocycles. The molecule has 0 fully saturated rings. The molecule has 0 aliphatic heterocycles. The van der Waals surface area contributed by atoms with Crippen LogP contribution >= 0.6 is 11.6 Å². The van der Waals surface area contributed by atoms with Crippen LogP contribution in [0.1, 0.15) is 44.2 Å². The Balaban J connectivity index is 2.34. The number of nitrogens with one attached hydrogen (secondary N) is 1. The molecule has 1 aromatic carbocycles. The zero-order valence-corrected chi connectivity index (χ0v) is 11.4. The Morgan fingerprint density at radius 3 is 2.89 bits per heavy atom. The Kier molecular flexibility index (Phi) is 4.79. The van der Waals surface area contributed by atoms with Crippen LogP contribution in [0.4, 0.5) is 4.39 Å². The van der Waals surface area contributed by atoms with Gasteiger partial charge >= 0.3 is 0 Å². The maximum atomic E-state index is 14.0. The fraction of sp³-hybridized carbons (Fsp3) is 0.467. The van der Waals surface area contributed by atoms with Crippen LogP contribution in [-0.2, 0) is 0 Å². The van der Waals surface area contributed by atoms with Crippen molar-refractivity contribution in [2.24, 2.45) is 0 Å². The largest absolute Gasteiger partial charge is 0.307 e. The Morgan fingerprint density at radius 1 is 1.39 bits per heavy atom. The Morgan fingerprint density at radius 2 is 2.22 bits per heavy atom. The Labute approximate surface area is 113 Å². The molecule has 0 saturated carbocycles. The van der Waals surface area contributed by atoms with Crippen molar-refractivity contribution in [2.75, 3.05) is 6.54 Å². The van der Waals surface area contributed by atoms with Crippen LogP contribution in [-0.4, -0.2) is 6.54 Å². The lowest BCUT2D eigenvalue weighted by Gasteiger charge is -2.25. The van der Waals surface area contributed by atoms with Crippen molar-refractivity contribution in [1.29, 1.82) is 0 Å². The smallest absolute Gasteiger partial charge is 0.128 e. The Bertz CT molecular complexity index is 442. The van der Waals surface area contributed by atoms with E-state index in [0.29, 0.717) is 10.6 Å². The van der Waals surface area contributed by atoms with Crippen LogP contribution in [0.15, 0.2) is 29.8 Å². The standard InChI is InChI=1S/C15H19ClFN/c1-2-18-15(11-6-4-3-5-7-11)13-10-12(16)8-9-14(13)17/h6,8-10,15,18H,2-5,7H2,1H3. The zero-order chi connectivity index (χ0) is 13.0. The van der Waals surface area contributed by atoms with Gasteiger partial charge in [0, 0.05) is 10.6 Å². The van der Waals surface area contributed by atoms with Crippen molar-refractivity contribution >= 4 is 11.6 Å². The molecule has 0 amide bonds. The van der Waals surface area contributed by atoms with E-state index in [1.165, 1.54) is 24.5 Å². The quantitative estimate of drug-likeness (QED) is 0.785. The van der Waals surface area contributed by atoms with Crippen molar-refractivity contribution in [3.8, 4) is 0 Å². The minimum atomic E-state index is -0.183. The van der Waals surface area contributed by atoms with Crippen LogP contribution in [0.3, 0.4) is 0 Å². The second kappa shape index (κ2) is 6.35. The summed E-state index contributed by atoms with van der Waals surface area (Å²) in [4.78, 5) is 0. The third kappa shape index (κ3) is 3.12. The zero-order valence-electron chi connectivity index (χ0n) is 10.7. The van der Waals surface area contributed by atoms with Gasteiger partial charge in [0.25, 0.3) is 0 Å². The first kappa shape index (κ1) is 13.6. The van der Waals surface area contributed by atoms with Crippen molar-refractivity contribution < 1.29 is 4.39 Å². The third-order valence-electron chi connectivity index (χ3n) is 3.37. The van der Waals surface area contributed by atoms with E-state index in [-0.39, 0.29) is 11.9 Å². The van der Waals surface area contributed by atoms with Gasteiger partial charge in [-0.25, -0.2) is 4.39 Å². The summed E-state index contributed by atoms with van der Waals surface area (Å²) in [6.45, 7) is 2.85. The molecule has 0 radical (unpaired) electrons. The van der Waals surface area contributed by atoms with E-state index in [0.717, 1.165) is 19.4 Å². The van der Waals surface area contributed by atoms with Gasteiger partial charge in [-0.2, -0.15) is 0 Å². The fourth-order valence-corrected chi connectivity index (χ4v) is 2.69. The van der Waals surface area contributed by atoms with Crippen LogP contribution in [0.25, 0.3) is 0 Å². The number of hydrogen-bond acceptors (Lipinski definition) is 1. The van der Waals surface area contributed by atoms with Crippen LogP contribution < -0.4 is 5.32 Å². The third-order valence-corrected chi connectivity index (χ3v) is 3.61. The van der Waals surface area contributed by atoms with Crippen molar-refractivity contribution in [2.45, 2.75) is 38.6 Å². The van der Waals surface area contributed by atoms with E-state index < -0.39 is 0 Å². The number of hydrogen-bond donors (Lipinski definition) is 1. The molecule has 0 heterocycles. The molecule has 1 aromatic rings. The highest BCUT2D eigenvalue weighted by atomic mass is 35.5. The summed E-state index contributed by atoms with van der Waals surface area (Å²) in [5.41, 5.74) is 1.96. The van der Waals surface area contributed by atoms with Crippen molar-refractivity contribution in [3.63, 3.8) is 0 Å². The summed E-state index contributed by atoms with van der Waals surface area (Å²) in [7, 11) is 0. The monoisotopic (exact) mass is 267 g/mol. The van der Waals surface area contributed by atoms with Gasteiger partial charge in [-0.15, -0.1) is 0 Å². The summed E-state index contributed by atoms with van der Waals surface area (Å²) < 4.78 is 14.0. The number of halogens is 2. The molecule has 1 aliphatic rings. The number of rotatable bonds is 4. The molecule has 3 heteroatoms. The highest BCUT2D eigenvalue weighted by Crippen LogP contribution is 2.32. The maximum absolute atomic E-state index is 14.0. The summed E-state index contributed by atoms with van der Waals surface area (Å²) in [5, 5.41) is 3.96. The maximum Gasteiger partial charge on any atom is 0.128 e. The molecule has 0 bridgehead atoms. The van der Waals surface area contributed by atoms with Crippen molar-refractivity contribution in [1.82, 2.24) is 5.32 Å². The Hall–Kier alpha value is -0.860. The predicted molar refractivity (Wildman–Crippen MR) is 74.4 cm³/mol. The molecule has 2 rings (SSSR count). The molecule has 0 aromatic heterocycles. The minimum Gasteiger partial charge on any atom is -0.307 e. The lowest BCUT2D eigenvalue weighted by atomic mass is 9.89. The highest BCUT2D eigenvalue weighted by molar-refractivity contribution is 6.30. The number of benzene rings is 1. The first-order valence-corrected chi connectivity index (χ1v) is 6.97. The highest BCUT2D eigenvalue weighted by Gasteiger charge is 2.20. The molecule has 1 unspecified atom stereocenters. The molecule has 98 valence electrons. The SMILES string of the molecule is CCNC(C1=CCCCC1)c1cc(Cl)ccc1F. The summed E-state index contributed by atoms with van der Waals surface area (Å²) in [6.07, 6.45) is 6.82. The average Bonchev–Trinajstić information content (AvgIpc) is 2.40. The van der Waals surface area contributed by atoms with Gasteiger partial charge in [-0.05, 0) is 50.4 Å². The normalized spacial score (nSPS) is 17.4. The average molecular weight is 268 g/mol. The van der Waals surface area contributed by atoms with E-state index in [4.69, 9.17) is 11.6 Å². The summed E-state index contributed by atoms with van der Waals surface area (Å²) in [5.74, 6) is -0.183. The van der Waals surface area contributed by atoms with Crippen molar-refractivity contribution in [3.05, 3.63) is 46.3 Å². The van der Waals surface area contributed by atoms with Gasteiger partial charge in [0.15, 0.2) is 0 Å². The molecule has 1 atom stereocenters. The molecular formula is C15H19ClFN. The molecule has 1 nitrogen and oxygen atoms in total. The summed E-state index contributed by atoms with van der Waals surface area (Å²) in [6, 6.07) is 4.75. The van der Waals surface area contributed by atoms with Gasteiger partial charge in [-0.1, -0.05) is 30.2 Å². The van der Waals surface area contributed by atoms with Gasteiger partial charge in [0.05, 0.1) is 6.04 Å². The topological polar surface area (TPSA) is 12.0 Å². The van der Waals surface area contributed by atoms with E-state index in [1.54, 1.807) is 12.1 Å². The van der Waals surface area contributed by atoms with Crippen LogP contribution in [0.5, 0.6) is 0 Å². The minimum absolute atomic E-state index is 0.0333. The molecule has 0 spiro atoms. The number of allylic oxidation sites excluding steroid dienone is 1. The lowest BCUT2D eigenvalue weighted by molar-refractivity contribution is 0.527. The molecule has 18 heavy (non-hydrogen) atoms. The van der Waals surface area contributed by atoms with E-state index in [1.807, 2.05) is 6.92 Å². The molecule has 1 N–H and O–H groups in total. The first-order chi connectivity index (χ1) is 8.72. The van der Waals surface area contributed by atoms with Crippen LogP contribution in [0, 0.1) is 5.82 Å². The second-order valence-electron chi connectivity index (χ2n) is 4.68. The lowest BCUT2D eigenvalue weighted by Crippen LogP contribution is -2.24. The molecular weight excluding hydrogens is 249 g/mol. The first-order valence-electron chi connectivity index (χ1n) is 6.59. The van der Waals surface area contributed by atoms with Gasteiger partial charge < -0.3 is 5.32 Å². The van der Waals surface area contributed by atoms with E-state index in [9.17, 15) is 4.39 Å². The molecule has 0 saturated heterocycles. The fourth-order valence-electron chi connectivity index (χ4n) is 2.51. The van der Waals surface area contributed by atoms with Gasteiger partial charge in [-0.3, -0.25) is 0 Å². The van der Waals surface area contributed by atoms with Crippen LogP contribution in [0.2, 0.25) is 5.02 Å². The van der Waals surface area contributed by atoms with Gasteiger partial charge in [0.2, 0.25) is 0 Å². The summed E-state index contributed by atoms with van der Waals surface area (Å²) >= 11 is 5.99. The van der Waals surface area contributed by atoms with E-state index in [2.05, 4.69) is 11.4 Å². The predicted octanol–water partition coefficient (Wildman–Crippen LogP) is 4.63. The number of likely N-dealkylation sites (N-methyl/N-ethyl adjacent to an activating group) is 1. The van der Waals surface area contributed by atoms with E-state index >= 15 is 0 Å². The second-order valence-corrected chi connectivity index (χ2v) is 5.12.